The molecule has 0 saturated heterocycles. The van der Waals surface area contributed by atoms with Gasteiger partial charge in [0.1, 0.15) is 6.10 Å². The van der Waals surface area contributed by atoms with Gasteiger partial charge in [0.2, 0.25) is 0 Å². The number of fused-ring (bicyclic) bond motifs is 1. The van der Waals surface area contributed by atoms with Crippen molar-refractivity contribution in [1.29, 1.82) is 0 Å². The SMILES string of the molecule is CCOC(CC)c1nc(CC)c2c(n1)CNCC2. The van der Waals surface area contributed by atoms with Crippen LogP contribution in [0.3, 0.4) is 0 Å². The maximum Gasteiger partial charge on any atom is 0.157 e. The van der Waals surface area contributed by atoms with Gasteiger partial charge >= 0.3 is 0 Å². The van der Waals surface area contributed by atoms with E-state index in [0.29, 0.717) is 6.61 Å². The summed E-state index contributed by atoms with van der Waals surface area (Å²) >= 11 is 0. The van der Waals surface area contributed by atoms with Gasteiger partial charge in [0.25, 0.3) is 0 Å². The molecule has 0 aliphatic carbocycles. The molecule has 4 heteroatoms. The van der Waals surface area contributed by atoms with Crippen LogP contribution in [0, 0.1) is 0 Å². The van der Waals surface area contributed by atoms with Gasteiger partial charge in [-0.05, 0) is 38.3 Å². The highest BCUT2D eigenvalue weighted by Crippen LogP contribution is 2.22. The second kappa shape index (κ2) is 6.25. The van der Waals surface area contributed by atoms with E-state index in [9.17, 15) is 0 Å². The fourth-order valence-corrected chi connectivity index (χ4v) is 2.47. The first kappa shape index (κ1) is 13.4. The molecule has 4 nitrogen and oxygen atoms in total. The first-order valence-corrected chi connectivity index (χ1v) is 7.00. The van der Waals surface area contributed by atoms with Gasteiger partial charge in [-0.1, -0.05) is 13.8 Å². The molecule has 1 aliphatic rings. The molecular weight excluding hydrogens is 226 g/mol. The average molecular weight is 249 g/mol. The van der Waals surface area contributed by atoms with Gasteiger partial charge in [0.15, 0.2) is 5.82 Å². The van der Waals surface area contributed by atoms with Crippen LogP contribution in [-0.4, -0.2) is 23.1 Å². The summed E-state index contributed by atoms with van der Waals surface area (Å²) in [5, 5.41) is 3.38. The van der Waals surface area contributed by atoms with E-state index >= 15 is 0 Å². The van der Waals surface area contributed by atoms with E-state index in [0.717, 1.165) is 38.2 Å². The monoisotopic (exact) mass is 249 g/mol. The minimum absolute atomic E-state index is 0.0347. The molecule has 2 rings (SSSR count). The van der Waals surface area contributed by atoms with Gasteiger partial charge in [-0.25, -0.2) is 9.97 Å². The molecule has 0 aromatic carbocycles. The van der Waals surface area contributed by atoms with Crippen LogP contribution in [-0.2, 0) is 24.1 Å². The third-order valence-corrected chi connectivity index (χ3v) is 3.40. The normalized spacial score (nSPS) is 16.4. The molecule has 2 heterocycles. The number of hydrogen-bond donors (Lipinski definition) is 1. The summed E-state index contributed by atoms with van der Waals surface area (Å²) in [6.07, 6.45) is 2.97. The topological polar surface area (TPSA) is 47.0 Å². The Hall–Kier alpha value is -1.00. The summed E-state index contributed by atoms with van der Waals surface area (Å²) in [4.78, 5) is 9.44. The number of aryl methyl sites for hydroxylation is 1. The van der Waals surface area contributed by atoms with Gasteiger partial charge in [-0.2, -0.15) is 0 Å². The smallest absolute Gasteiger partial charge is 0.157 e. The molecule has 0 saturated carbocycles. The van der Waals surface area contributed by atoms with Crippen molar-refractivity contribution in [3.8, 4) is 0 Å². The summed E-state index contributed by atoms with van der Waals surface area (Å²) < 4.78 is 5.72. The Balaban J connectivity index is 2.36. The number of rotatable bonds is 5. The van der Waals surface area contributed by atoms with Crippen LogP contribution in [0.1, 0.15) is 56.1 Å². The molecule has 1 atom stereocenters. The van der Waals surface area contributed by atoms with Crippen molar-refractivity contribution in [1.82, 2.24) is 15.3 Å². The predicted molar refractivity (Wildman–Crippen MR) is 71.5 cm³/mol. The summed E-state index contributed by atoms with van der Waals surface area (Å²) in [6.45, 7) is 8.90. The number of nitrogens with one attached hydrogen (secondary N) is 1. The van der Waals surface area contributed by atoms with E-state index in [1.165, 1.54) is 17.0 Å². The van der Waals surface area contributed by atoms with E-state index in [1.54, 1.807) is 0 Å². The van der Waals surface area contributed by atoms with Crippen molar-refractivity contribution in [3.63, 3.8) is 0 Å². The lowest BCUT2D eigenvalue weighted by Gasteiger charge is -2.22. The fraction of sp³-hybridized carbons (Fsp3) is 0.714. The van der Waals surface area contributed by atoms with E-state index in [2.05, 4.69) is 19.2 Å². The van der Waals surface area contributed by atoms with Crippen LogP contribution in [0.4, 0.5) is 0 Å². The lowest BCUT2D eigenvalue weighted by Crippen LogP contribution is -2.27. The Bertz CT molecular complexity index is 389. The maximum absolute atomic E-state index is 5.72. The summed E-state index contributed by atoms with van der Waals surface area (Å²) in [7, 11) is 0. The molecular formula is C14H23N3O. The van der Waals surface area contributed by atoms with E-state index in [1.807, 2.05) is 6.92 Å². The molecule has 1 aliphatic heterocycles. The van der Waals surface area contributed by atoms with Crippen LogP contribution >= 0.6 is 0 Å². The van der Waals surface area contributed by atoms with Crippen molar-refractivity contribution < 1.29 is 4.74 Å². The van der Waals surface area contributed by atoms with Gasteiger partial charge in [0, 0.05) is 18.8 Å². The molecule has 1 unspecified atom stereocenters. The Morgan fingerprint density at radius 1 is 1.28 bits per heavy atom. The molecule has 0 fully saturated rings. The minimum Gasteiger partial charge on any atom is -0.371 e. The molecule has 0 spiro atoms. The zero-order valence-electron chi connectivity index (χ0n) is 11.6. The lowest BCUT2D eigenvalue weighted by molar-refractivity contribution is 0.0530. The van der Waals surface area contributed by atoms with Crippen LogP contribution < -0.4 is 5.32 Å². The van der Waals surface area contributed by atoms with Gasteiger partial charge < -0.3 is 10.1 Å². The van der Waals surface area contributed by atoms with E-state index < -0.39 is 0 Å². The Kier molecular flexibility index (Phi) is 4.66. The summed E-state index contributed by atoms with van der Waals surface area (Å²) in [5.41, 5.74) is 3.72. The quantitative estimate of drug-likeness (QED) is 0.869. The second-order valence-corrected chi connectivity index (χ2v) is 4.59. The summed E-state index contributed by atoms with van der Waals surface area (Å²) in [5.74, 6) is 0.860. The van der Waals surface area contributed by atoms with Gasteiger partial charge in [-0.15, -0.1) is 0 Å². The highest BCUT2D eigenvalue weighted by Gasteiger charge is 2.20. The highest BCUT2D eigenvalue weighted by molar-refractivity contribution is 5.29. The summed E-state index contributed by atoms with van der Waals surface area (Å²) in [6, 6.07) is 0. The number of nitrogens with zero attached hydrogens (tertiary/aromatic N) is 2. The average Bonchev–Trinajstić information content (AvgIpc) is 2.43. The number of ether oxygens (including phenoxy) is 1. The second-order valence-electron chi connectivity index (χ2n) is 4.59. The Morgan fingerprint density at radius 2 is 2.11 bits per heavy atom. The van der Waals surface area contributed by atoms with E-state index in [4.69, 9.17) is 14.7 Å². The molecule has 0 radical (unpaired) electrons. The largest absolute Gasteiger partial charge is 0.371 e. The first-order valence-electron chi connectivity index (χ1n) is 7.00. The third-order valence-electron chi connectivity index (χ3n) is 3.40. The van der Waals surface area contributed by atoms with Crippen molar-refractivity contribution >= 4 is 0 Å². The maximum atomic E-state index is 5.72. The standard InChI is InChI=1S/C14H23N3O/c1-4-11-10-7-8-15-9-12(10)17-14(16-11)13(5-2)18-6-3/h13,15H,4-9H2,1-3H3. The molecule has 1 N–H and O–H groups in total. The van der Waals surface area contributed by atoms with Crippen molar-refractivity contribution in [3.05, 3.63) is 22.8 Å². The molecule has 18 heavy (non-hydrogen) atoms. The number of hydrogen-bond acceptors (Lipinski definition) is 4. The highest BCUT2D eigenvalue weighted by atomic mass is 16.5. The molecule has 1 aromatic heterocycles. The van der Waals surface area contributed by atoms with E-state index in [-0.39, 0.29) is 6.10 Å². The Labute approximate surface area is 109 Å². The molecule has 100 valence electrons. The predicted octanol–water partition coefficient (Wildman–Crippen LogP) is 2.17. The van der Waals surface area contributed by atoms with Gasteiger partial charge in [-0.3, -0.25) is 0 Å². The zero-order chi connectivity index (χ0) is 13.0. The molecule has 0 bridgehead atoms. The minimum atomic E-state index is 0.0347. The third kappa shape index (κ3) is 2.70. The Morgan fingerprint density at radius 3 is 2.78 bits per heavy atom. The van der Waals surface area contributed by atoms with Crippen LogP contribution in [0.2, 0.25) is 0 Å². The van der Waals surface area contributed by atoms with Crippen LogP contribution in [0.5, 0.6) is 0 Å². The van der Waals surface area contributed by atoms with Gasteiger partial charge in [0.05, 0.1) is 5.69 Å². The van der Waals surface area contributed by atoms with Crippen LogP contribution in [0.15, 0.2) is 0 Å². The zero-order valence-corrected chi connectivity index (χ0v) is 11.6. The van der Waals surface area contributed by atoms with Crippen molar-refractivity contribution in [2.75, 3.05) is 13.2 Å². The lowest BCUT2D eigenvalue weighted by atomic mass is 10.0. The van der Waals surface area contributed by atoms with Crippen molar-refractivity contribution in [2.24, 2.45) is 0 Å². The van der Waals surface area contributed by atoms with Crippen molar-refractivity contribution in [2.45, 2.75) is 52.7 Å². The molecule has 1 aromatic rings. The first-order chi connectivity index (χ1) is 8.80. The van der Waals surface area contributed by atoms with Crippen LogP contribution in [0.25, 0.3) is 0 Å². The fourth-order valence-electron chi connectivity index (χ4n) is 2.47. The number of aromatic nitrogens is 2. The molecule has 0 amide bonds.